The molecule has 0 aliphatic carbocycles. The summed E-state index contributed by atoms with van der Waals surface area (Å²) >= 11 is 2.76. The van der Waals surface area contributed by atoms with Crippen molar-refractivity contribution in [2.45, 2.75) is 6.92 Å². The number of thioether (sulfide) groups is 1. The van der Waals surface area contributed by atoms with Crippen LogP contribution in [0.4, 0.5) is 10.8 Å². The second-order valence-electron chi connectivity index (χ2n) is 6.80. The summed E-state index contributed by atoms with van der Waals surface area (Å²) in [6, 6.07) is 17.7. The minimum Gasteiger partial charge on any atom is -0.350 e. The molecule has 1 amide bonds. The van der Waals surface area contributed by atoms with Crippen molar-refractivity contribution >= 4 is 62.0 Å². The number of aromatic nitrogens is 3. The fourth-order valence-electron chi connectivity index (χ4n) is 3.40. The maximum absolute atomic E-state index is 13.4. The van der Waals surface area contributed by atoms with E-state index in [1.807, 2.05) is 68.7 Å². The third-order valence-corrected chi connectivity index (χ3v) is 6.44. The number of hydrogen-bond acceptors (Lipinski definition) is 6. The van der Waals surface area contributed by atoms with Crippen LogP contribution in [0.1, 0.15) is 10.6 Å². The van der Waals surface area contributed by atoms with Crippen molar-refractivity contribution in [2.24, 2.45) is 12.0 Å². The number of rotatable bonds is 3. The number of aliphatic imine (C=N–C) groups is 1. The second-order valence-corrected chi connectivity index (χ2v) is 8.97. The molecule has 148 valence electrons. The summed E-state index contributed by atoms with van der Waals surface area (Å²) in [6.45, 7) is 1.88. The van der Waals surface area contributed by atoms with Gasteiger partial charge < -0.3 is 4.57 Å². The van der Waals surface area contributed by atoms with Crippen molar-refractivity contribution in [2.75, 3.05) is 4.90 Å². The lowest BCUT2D eigenvalue weighted by molar-refractivity contribution is -0.113. The minimum atomic E-state index is -0.0980. The zero-order valence-electron chi connectivity index (χ0n) is 16.3. The molecular formula is C22H17N5OS2. The van der Waals surface area contributed by atoms with E-state index in [-0.39, 0.29) is 5.91 Å². The predicted molar refractivity (Wildman–Crippen MR) is 124 cm³/mol. The summed E-state index contributed by atoms with van der Waals surface area (Å²) in [5.41, 5.74) is 2.90. The van der Waals surface area contributed by atoms with Gasteiger partial charge in [-0.15, -0.1) is 10.2 Å². The first-order chi connectivity index (χ1) is 14.6. The van der Waals surface area contributed by atoms with Crippen LogP contribution in [0.3, 0.4) is 0 Å². The summed E-state index contributed by atoms with van der Waals surface area (Å²) in [7, 11) is 2.01. The molecular weight excluding hydrogens is 414 g/mol. The highest BCUT2D eigenvalue weighted by Crippen LogP contribution is 2.38. The molecule has 2 aromatic carbocycles. The van der Waals surface area contributed by atoms with Crippen LogP contribution in [-0.2, 0) is 11.8 Å². The average Bonchev–Trinajstić information content (AvgIpc) is 3.40. The predicted octanol–water partition coefficient (Wildman–Crippen LogP) is 5.15. The Bertz CT molecular complexity index is 1320. The van der Waals surface area contributed by atoms with Gasteiger partial charge in [0.1, 0.15) is 5.01 Å². The Morgan fingerprint density at radius 2 is 1.80 bits per heavy atom. The van der Waals surface area contributed by atoms with Crippen molar-refractivity contribution in [3.05, 3.63) is 76.3 Å². The summed E-state index contributed by atoms with van der Waals surface area (Å²) in [4.78, 5) is 20.3. The molecule has 0 radical (unpaired) electrons. The van der Waals surface area contributed by atoms with Crippen molar-refractivity contribution in [1.82, 2.24) is 14.8 Å². The number of nitrogens with zero attached hydrogens (tertiary/aromatic N) is 5. The van der Waals surface area contributed by atoms with Crippen LogP contribution in [0.2, 0.25) is 0 Å². The van der Waals surface area contributed by atoms with Crippen LogP contribution < -0.4 is 4.90 Å². The van der Waals surface area contributed by atoms with Crippen LogP contribution in [0.15, 0.2) is 70.7 Å². The van der Waals surface area contributed by atoms with Crippen molar-refractivity contribution in [3.8, 4) is 0 Å². The van der Waals surface area contributed by atoms with E-state index in [2.05, 4.69) is 31.9 Å². The number of aryl methyl sites for hydroxylation is 2. The standard InChI is InChI=1S/C22H17N5OS2/c1-14-24-25-21(29-14)23-22-27(16-8-4-3-5-9-16)20(28)19(30-22)12-15-13-26(2)18-11-7-6-10-17(15)18/h3-13H,1-2H3/b19-12-,23-22+. The summed E-state index contributed by atoms with van der Waals surface area (Å²) in [6.07, 6.45) is 3.99. The van der Waals surface area contributed by atoms with Gasteiger partial charge in [0.25, 0.3) is 5.91 Å². The molecule has 30 heavy (non-hydrogen) atoms. The Hall–Kier alpha value is -3.23. The zero-order chi connectivity index (χ0) is 20.7. The zero-order valence-corrected chi connectivity index (χ0v) is 17.9. The number of carbonyl (C=O) groups is 1. The number of carbonyl (C=O) groups excluding carboxylic acids is 1. The molecule has 0 unspecified atom stereocenters. The molecule has 1 aliphatic heterocycles. The average molecular weight is 432 g/mol. The second kappa shape index (κ2) is 7.55. The molecule has 4 aromatic rings. The van der Waals surface area contributed by atoms with Crippen LogP contribution in [-0.4, -0.2) is 25.8 Å². The smallest absolute Gasteiger partial charge is 0.271 e. The maximum atomic E-state index is 13.4. The highest BCUT2D eigenvalue weighted by Gasteiger charge is 2.35. The first kappa shape index (κ1) is 18.8. The maximum Gasteiger partial charge on any atom is 0.271 e. The van der Waals surface area contributed by atoms with E-state index in [0.717, 1.165) is 27.2 Å². The first-order valence-corrected chi connectivity index (χ1v) is 11.0. The fraction of sp³-hybridized carbons (Fsp3) is 0.0909. The van der Waals surface area contributed by atoms with Crippen LogP contribution in [0, 0.1) is 6.92 Å². The number of hydrogen-bond donors (Lipinski definition) is 0. The normalized spacial score (nSPS) is 17.0. The van der Waals surface area contributed by atoms with Gasteiger partial charge in [-0.2, -0.15) is 4.99 Å². The SMILES string of the molecule is Cc1nnc(/N=C2/S/C(=C\c3cn(C)c4ccccc34)C(=O)N2c2ccccc2)s1. The Morgan fingerprint density at radius 3 is 2.57 bits per heavy atom. The van der Waals surface area contributed by atoms with Gasteiger partial charge in [0.2, 0.25) is 5.13 Å². The third kappa shape index (κ3) is 3.34. The van der Waals surface area contributed by atoms with E-state index in [4.69, 9.17) is 0 Å². The van der Waals surface area contributed by atoms with E-state index in [0.29, 0.717) is 15.2 Å². The van der Waals surface area contributed by atoms with Gasteiger partial charge in [-0.3, -0.25) is 9.69 Å². The van der Waals surface area contributed by atoms with Crippen LogP contribution >= 0.6 is 23.1 Å². The molecule has 8 heteroatoms. The highest BCUT2D eigenvalue weighted by atomic mass is 32.2. The van der Waals surface area contributed by atoms with Gasteiger partial charge in [-0.1, -0.05) is 47.7 Å². The molecule has 0 saturated carbocycles. The minimum absolute atomic E-state index is 0.0980. The molecule has 1 fully saturated rings. The van der Waals surface area contributed by atoms with E-state index in [1.54, 1.807) is 4.90 Å². The Morgan fingerprint density at radius 1 is 1.03 bits per heavy atom. The molecule has 2 aromatic heterocycles. The molecule has 6 nitrogen and oxygen atoms in total. The van der Waals surface area contributed by atoms with Crippen molar-refractivity contribution in [1.29, 1.82) is 0 Å². The molecule has 0 N–H and O–H groups in total. The molecule has 3 heterocycles. The number of amidine groups is 1. The van der Waals surface area contributed by atoms with Gasteiger partial charge in [0, 0.05) is 29.7 Å². The van der Waals surface area contributed by atoms with E-state index in [9.17, 15) is 4.79 Å². The van der Waals surface area contributed by atoms with Crippen LogP contribution in [0.5, 0.6) is 0 Å². The lowest BCUT2D eigenvalue weighted by atomic mass is 10.1. The molecule has 0 bridgehead atoms. The number of benzene rings is 2. The Kier molecular flexibility index (Phi) is 4.72. The molecule has 0 atom stereocenters. The van der Waals surface area contributed by atoms with Gasteiger partial charge >= 0.3 is 0 Å². The quantitative estimate of drug-likeness (QED) is 0.421. The summed E-state index contributed by atoms with van der Waals surface area (Å²) in [5, 5.41) is 11.2. The number of amides is 1. The van der Waals surface area contributed by atoms with Crippen molar-refractivity contribution < 1.29 is 4.79 Å². The molecule has 5 rings (SSSR count). The summed E-state index contributed by atoms with van der Waals surface area (Å²) in [5.74, 6) is -0.0980. The Labute approximate surface area is 181 Å². The van der Waals surface area contributed by atoms with E-state index < -0.39 is 0 Å². The topological polar surface area (TPSA) is 63.4 Å². The van der Waals surface area contributed by atoms with Gasteiger partial charge in [-0.25, -0.2) is 0 Å². The van der Waals surface area contributed by atoms with Crippen molar-refractivity contribution in [3.63, 3.8) is 0 Å². The molecule has 0 spiro atoms. The first-order valence-electron chi connectivity index (χ1n) is 9.32. The monoisotopic (exact) mass is 431 g/mol. The van der Waals surface area contributed by atoms with Crippen LogP contribution in [0.25, 0.3) is 17.0 Å². The number of fused-ring (bicyclic) bond motifs is 1. The Balaban J connectivity index is 1.61. The highest BCUT2D eigenvalue weighted by molar-refractivity contribution is 8.19. The van der Waals surface area contributed by atoms with E-state index >= 15 is 0 Å². The number of para-hydroxylation sites is 2. The lowest BCUT2D eigenvalue weighted by Gasteiger charge is -2.14. The fourth-order valence-corrected chi connectivity index (χ4v) is 4.99. The van der Waals surface area contributed by atoms with Gasteiger partial charge in [0.05, 0.1) is 10.6 Å². The van der Waals surface area contributed by atoms with E-state index in [1.165, 1.54) is 23.1 Å². The largest absolute Gasteiger partial charge is 0.350 e. The molecule has 1 aliphatic rings. The lowest BCUT2D eigenvalue weighted by Crippen LogP contribution is -2.28. The number of anilines is 1. The van der Waals surface area contributed by atoms with Gasteiger partial charge in [-0.05, 0) is 43.0 Å². The third-order valence-electron chi connectivity index (χ3n) is 4.74. The van der Waals surface area contributed by atoms with Gasteiger partial charge in [0.15, 0.2) is 5.17 Å². The summed E-state index contributed by atoms with van der Waals surface area (Å²) < 4.78 is 2.07. The molecule has 1 saturated heterocycles.